The number of unbranched alkanes of at least 4 members (excludes halogenated alkanes) is 8. The molecule has 24 heavy (non-hydrogen) atoms. The van der Waals surface area contributed by atoms with E-state index >= 15 is 0 Å². The van der Waals surface area contributed by atoms with Gasteiger partial charge >= 0.3 is 5.97 Å². The Hall–Kier alpha value is -0.653. The zero-order valence-corrected chi connectivity index (χ0v) is 16.9. The standard InChI is InChI=1S/C19H36O4Si/c1-5-18(20)23-17(2)15-13-11-9-7-6-8-10-12-14-16-24-19(21-3)22-4/h5,17,19H,1,6-16H2,2-4H3. The number of esters is 1. The first-order valence-corrected chi connectivity index (χ1v) is 10.5. The van der Waals surface area contributed by atoms with Crippen LogP contribution >= 0.6 is 0 Å². The third kappa shape index (κ3) is 14.9. The Balaban J connectivity index is 3.23. The van der Waals surface area contributed by atoms with Crippen LogP contribution < -0.4 is 0 Å². The first-order chi connectivity index (χ1) is 11.6. The minimum Gasteiger partial charge on any atom is -0.460 e. The molecule has 0 fully saturated rings. The minimum absolute atomic E-state index is 0.00647. The Labute approximate surface area is 151 Å². The highest BCUT2D eigenvalue weighted by atomic mass is 28.2. The number of carbonyl (C=O) groups is 1. The topological polar surface area (TPSA) is 44.8 Å². The summed E-state index contributed by atoms with van der Waals surface area (Å²) in [4.78, 5) is 11.0. The molecule has 5 heteroatoms. The molecule has 0 heterocycles. The Bertz CT molecular complexity index is 306. The van der Waals surface area contributed by atoms with E-state index in [0.29, 0.717) is 0 Å². The van der Waals surface area contributed by atoms with Crippen molar-refractivity contribution in [2.45, 2.75) is 89.2 Å². The second-order valence-electron chi connectivity index (χ2n) is 6.18. The third-order valence-corrected chi connectivity index (χ3v) is 5.46. The molecule has 0 aliphatic carbocycles. The minimum atomic E-state index is -0.317. The fraction of sp³-hybridized carbons (Fsp3) is 0.842. The summed E-state index contributed by atoms with van der Waals surface area (Å²) in [5.41, 5.74) is 0. The van der Waals surface area contributed by atoms with Gasteiger partial charge in [0.05, 0.1) is 6.10 Å². The van der Waals surface area contributed by atoms with E-state index in [2.05, 4.69) is 6.58 Å². The van der Waals surface area contributed by atoms with Crippen LogP contribution in [0, 0.1) is 0 Å². The van der Waals surface area contributed by atoms with Gasteiger partial charge in [-0.15, -0.1) is 0 Å². The van der Waals surface area contributed by atoms with Crippen molar-refractivity contribution in [1.29, 1.82) is 0 Å². The quantitative estimate of drug-likeness (QED) is 0.124. The average Bonchev–Trinajstić information content (AvgIpc) is 2.59. The molecule has 0 N–H and O–H groups in total. The van der Waals surface area contributed by atoms with Crippen LogP contribution in [0.2, 0.25) is 6.04 Å². The Morgan fingerprint density at radius 1 is 0.958 bits per heavy atom. The van der Waals surface area contributed by atoms with Crippen molar-refractivity contribution in [3.8, 4) is 0 Å². The van der Waals surface area contributed by atoms with E-state index in [1.165, 1.54) is 63.5 Å². The fourth-order valence-corrected chi connectivity index (χ4v) is 3.61. The molecular weight excluding hydrogens is 320 g/mol. The maximum absolute atomic E-state index is 11.0. The molecule has 0 rings (SSSR count). The van der Waals surface area contributed by atoms with E-state index in [4.69, 9.17) is 14.2 Å². The largest absolute Gasteiger partial charge is 0.460 e. The van der Waals surface area contributed by atoms with Crippen molar-refractivity contribution in [2.24, 2.45) is 0 Å². The van der Waals surface area contributed by atoms with Gasteiger partial charge in [0, 0.05) is 20.3 Å². The van der Waals surface area contributed by atoms with Crippen molar-refractivity contribution in [3.63, 3.8) is 0 Å². The highest BCUT2D eigenvalue weighted by Gasteiger charge is 2.06. The lowest BCUT2D eigenvalue weighted by Crippen LogP contribution is -2.20. The van der Waals surface area contributed by atoms with Gasteiger partial charge in [0.15, 0.2) is 0 Å². The number of hydrogen-bond acceptors (Lipinski definition) is 4. The van der Waals surface area contributed by atoms with Gasteiger partial charge in [0.25, 0.3) is 0 Å². The van der Waals surface area contributed by atoms with E-state index in [9.17, 15) is 4.79 Å². The van der Waals surface area contributed by atoms with Gasteiger partial charge in [-0.3, -0.25) is 0 Å². The van der Waals surface area contributed by atoms with Crippen LogP contribution in [-0.4, -0.2) is 41.7 Å². The van der Waals surface area contributed by atoms with Gasteiger partial charge in [-0.25, -0.2) is 4.79 Å². The fourth-order valence-electron chi connectivity index (χ4n) is 2.58. The van der Waals surface area contributed by atoms with Crippen LogP contribution in [0.4, 0.5) is 0 Å². The number of methoxy groups -OCH3 is 2. The molecule has 2 radical (unpaired) electrons. The third-order valence-electron chi connectivity index (χ3n) is 4.01. The monoisotopic (exact) mass is 356 g/mol. The number of hydrogen-bond donors (Lipinski definition) is 0. The first-order valence-electron chi connectivity index (χ1n) is 9.26. The van der Waals surface area contributed by atoms with Crippen molar-refractivity contribution in [3.05, 3.63) is 12.7 Å². The van der Waals surface area contributed by atoms with Crippen molar-refractivity contribution >= 4 is 15.5 Å². The Morgan fingerprint density at radius 2 is 1.46 bits per heavy atom. The lowest BCUT2D eigenvalue weighted by atomic mass is 10.1. The summed E-state index contributed by atoms with van der Waals surface area (Å²) in [6.07, 6.45) is 13.8. The maximum atomic E-state index is 11.0. The SMILES string of the molecule is C=CC(=O)OC(C)CCCCCCCCCCC[Si]C(OC)OC. The molecule has 0 aliphatic heterocycles. The van der Waals surface area contributed by atoms with Crippen LogP contribution in [0.5, 0.6) is 0 Å². The summed E-state index contributed by atoms with van der Waals surface area (Å²) in [6.45, 7) is 5.35. The average molecular weight is 357 g/mol. The molecule has 1 unspecified atom stereocenters. The molecule has 0 aromatic carbocycles. The van der Waals surface area contributed by atoms with E-state index in [1.54, 1.807) is 14.2 Å². The van der Waals surface area contributed by atoms with Gasteiger partial charge in [-0.1, -0.05) is 64.0 Å². The molecule has 0 aromatic rings. The molecule has 4 nitrogen and oxygen atoms in total. The second kappa shape index (κ2) is 17.2. The Morgan fingerprint density at radius 3 is 1.96 bits per heavy atom. The summed E-state index contributed by atoms with van der Waals surface area (Å²) in [5, 5.41) is 0. The zero-order valence-electron chi connectivity index (χ0n) is 15.9. The highest BCUT2D eigenvalue weighted by molar-refractivity contribution is 6.36. The Kier molecular flexibility index (Phi) is 16.7. The van der Waals surface area contributed by atoms with Crippen LogP contribution in [0.1, 0.15) is 71.1 Å². The zero-order chi connectivity index (χ0) is 18.0. The molecular formula is C19H36O4Si. The predicted molar refractivity (Wildman–Crippen MR) is 100 cm³/mol. The first kappa shape index (κ1) is 23.3. The molecule has 1 atom stereocenters. The van der Waals surface area contributed by atoms with Crippen molar-refractivity contribution < 1.29 is 19.0 Å². The van der Waals surface area contributed by atoms with Gasteiger partial charge < -0.3 is 14.2 Å². The van der Waals surface area contributed by atoms with Gasteiger partial charge in [0.2, 0.25) is 0 Å². The molecule has 0 amide bonds. The van der Waals surface area contributed by atoms with E-state index in [-0.39, 0.29) is 18.0 Å². The predicted octanol–water partition coefficient (Wildman–Crippen LogP) is 4.70. The smallest absolute Gasteiger partial charge is 0.330 e. The summed E-state index contributed by atoms with van der Waals surface area (Å²) in [5.74, 6) is -0.323. The number of ether oxygens (including phenoxy) is 3. The van der Waals surface area contributed by atoms with Crippen LogP contribution in [0.15, 0.2) is 12.7 Å². The molecule has 0 spiro atoms. The van der Waals surface area contributed by atoms with Crippen LogP contribution in [0.25, 0.3) is 0 Å². The highest BCUT2D eigenvalue weighted by Crippen LogP contribution is 2.13. The molecule has 0 saturated heterocycles. The van der Waals surface area contributed by atoms with E-state index in [1.807, 2.05) is 6.92 Å². The molecule has 0 bridgehead atoms. The normalized spacial score (nSPS) is 12.3. The van der Waals surface area contributed by atoms with Crippen molar-refractivity contribution in [1.82, 2.24) is 0 Å². The molecule has 140 valence electrons. The molecule has 0 saturated carbocycles. The van der Waals surface area contributed by atoms with E-state index in [0.717, 1.165) is 22.4 Å². The van der Waals surface area contributed by atoms with Crippen molar-refractivity contribution in [2.75, 3.05) is 14.2 Å². The lowest BCUT2D eigenvalue weighted by molar-refractivity contribution is -0.142. The van der Waals surface area contributed by atoms with Gasteiger partial charge in [0.1, 0.15) is 15.4 Å². The van der Waals surface area contributed by atoms with Gasteiger partial charge in [-0.05, 0) is 19.8 Å². The summed E-state index contributed by atoms with van der Waals surface area (Å²) in [6, 6.07) is 1.21. The maximum Gasteiger partial charge on any atom is 0.330 e. The molecule has 0 aromatic heterocycles. The summed E-state index contributed by atoms with van der Waals surface area (Å²) in [7, 11) is 4.16. The van der Waals surface area contributed by atoms with Gasteiger partial charge in [-0.2, -0.15) is 0 Å². The second-order valence-corrected chi connectivity index (χ2v) is 7.56. The number of carbonyl (C=O) groups excluding carboxylic acids is 1. The number of rotatable bonds is 17. The summed E-state index contributed by atoms with van der Waals surface area (Å²) >= 11 is 0. The van der Waals surface area contributed by atoms with Crippen LogP contribution in [-0.2, 0) is 19.0 Å². The lowest BCUT2D eigenvalue weighted by Gasteiger charge is -2.11. The molecule has 0 aliphatic rings. The summed E-state index contributed by atoms with van der Waals surface area (Å²) < 4.78 is 15.5. The van der Waals surface area contributed by atoms with E-state index < -0.39 is 0 Å². The van der Waals surface area contributed by atoms with Crippen LogP contribution in [0.3, 0.4) is 0 Å².